The quantitative estimate of drug-likeness (QED) is 0.859. The van der Waals surface area contributed by atoms with Gasteiger partial charge in [-0.3, -0.25) is 0 Å². The molecule has 1 fully saturated rings. The van der Waals surface area contributed by atoms with E-state index in [2.05, 4.69) is 20.6 Å². The molecular weight excluding hydrogens is 331 g/mol. The van der Waals surface area contributed by atoms with E-state index in [1.165, 1.54) is 6.07 Å². The molecule has 0 bridgehead atoms. The summed E-state index contributed by atoms with van der Waals surface area (Å²) in [5, 5.41) is 6.15. The Morgan fingerprint density at radius 3 is 2.79 bits per heavy atom. The molecule has 0 radical (unpaired) electrons. The number of nitrogens with one attached hydrogen (secondary N) is 2. The number of sulfone groups is 1. The first-order valence-electron chi connectivity index (χ1n) is 7.71. The number of halogens is 1. The van der Waals surface area contributed by atoms with Gasteiger partial charge in [-0.2, -0.15) is 4.98 Å². The molecule has 0 aliphatic carbocycles. The molecule has 1 aromatic carbocycles. The second kappa shape index (κ2) is 6.72. The number of aryl methyl sites for hydroxylation is 1. The summed E-state index contributed by atoms with van der Waals surface area (Å²) in [7, 11) is -2.95. The van der Waals surface area contributed by atoms with Crippen LogP contribution in [0.4, 0.5) is 16.2 Å². The lowest BCUT2D eigenvalue weighted by Gasteiger charge is -2.13. The highest BCUT2D eigenvalue weighted by Crippen LogP contribution is 2.18. The average Bonchev–Trinajstić information content (AvgIpc) is 2.85. The van der Waals surface area contributed by atoms with Crippen molar-refractivity contribution in [2.24, 2.45) is 0 Å². The largest absolute Gasteiger partial charge is 0.366 e. The minimum atomic E-state index is -2.95. The Labute approximate surface area is 140 Å². The number of benzene rings is 1. The number of aromatic nitrogens is 2. The second-order valence-corrected chi connectivity index (χ2v) is 8.14. The van der Waals surface area contributed by atoms with Gasteiger partial charge in [-0.05, 0) is 19.4 Å². The topological polar surface area (TPSA) is 84.0 Å². The lowest BCUT2D eigenvalue weighted by molar-refractivity contribution is 0.602. The zero-order valence-electron chi connectivity index (χ0n) is 13.3. The summed E-state index contributed by atoms with van der Waals surface area (Å²) in [4.78, 5) is 8.62. The number of hydrogen-bond acceptors (Lipinski definition) is 6. The van der Waals surface area contributed by atoms with E-state index in [-0.39, 0.29) is 29.9 Å². The molecular formula is C16H19FN4O2S. The van der Waals surface area contributed by atoms with E-state index >= 15 is 0 Å². The lowest BCUT2D eigenvalue weighted by Crippen LogP contribution is -2.21. The molecule has 1 aliphatic heterocycles. The average molecular weight is 350 g/mol. The maximum Gasteiger partial charge on any atom is 0.225 e. The third-order valence-corrected chi connectivity index (χ3v) is 5.60. The van der Waals surface area contributed by atoms with Crippen LogP contribution in [-0.4, -0.2) is 35.9 Å². The summed E-state index contributed by atoms with van der Waals surface area (Å²) in [6.07, 6.45) is 0.573. The first-order valence-corrected chi connectivity index (χ1v) is 9.53. The molecule has 2 heterocycles. The van der Waals surface area contributed by atoms with E-state index in [0.717, 1.165) is 5.69 Å². The third-order valence-electron chi connectivity index (χ3n) is 3.83. The SMILES string of the molecule is Cc1cc(NC2CCS(=O)(=O)C2)nc(NCc2ccccc2F)n1. The van der Waals surface area contributed by atoms with Crippen molar-refractivity contribution in [2.75, 3.05) is 22.1 Å². The van der Waals surface area contributed by atoms with Gasteiger partial charge in [0.05, 0.1) is 11.5 Å². The molecule has 0 spiro atoms. The molecule has 1 saturated heterocycles. The molecule has 1 atom stereocenters. The molecule has 0 saturated carbocycles. The van der Waals surface area contributed by atoms with Crippen LogP contribution >= 0.6 is 0 Å². The van der Waals surface area contributed by atoms with E-state index in [9.17, 15) is 12.8 Å². The van der Waals surface area contributed by atoms with Crippen LogP contribution in [0, 0.1) is 12.7 Å². The molecule has 128 valence electrons. The third kappa shape index (κ3) is 4.19. The van der Waals surface area contributed by atoms with Crippen LogP contribution < -0.4 is 10.6 Å². The summed E-state index contributed by atoms with van der Waals surface area (Å²) in [5.74, 6) is 0.982. The molecule has 8 heteroatoms. The molecule has 2 N–H and O–H groups in total. The highest BCUT2D eigenvalue weighted by Gasteiger charge is 2.28. The molecule has 1 aromatic heterocycles. The van der Waals surface area contributed by atoms with Crippen molar-refractivity contribution in [3.8, 4) is 0 Å². The molecule has 6 nitrogen and oxygen atoms in total. The van der Waals surface area contributed by atoms with Gasteiger partial charge in [-0.15, -0.1) is 0 Å². The molecule has 1 aliphatic rings. The molecule has 2 aromatic rings. The molecule has 0 amide bonds. The molecule has 1 unspecified atom stereocenters. The van der Waals surface area contributed by atoms with Crippen molar-refractivity contribution >= 4 is 21.6 Å². The van der Waals surface area contributed by atoms with Crippen molar-refractivity contribution < 1.29 is 12.8 Å². The van der Waals surface area contributed by atoms with Crippen molar-refractivity contribution in [1.82, 2.24) is 9.97 Å². The predicted molar refractivity (Wildman–Crippen MR) is 91.2 cm³/mol. The van der Waals surface area contributed by atoms with Crippen LogP contribution in [0.25, 0.3) is 0 Å². The van der Waals surface area contributed by atoms with Gasteiger partial charge in [0.2, 0.25) is 5.95 Å². The van der Waals surface area contributed by atoms with Gasteiger partial charge in [0.15, 0.2) is 9.84 Å². The Morgan fingerprint density at radius 1 is 1.29 bits per heavy atom. The van der Waals surface area contributed by atoms with E-state index in [0.29, 0.717) is 23.8 Å². The Bertz CT molecular complexity index is 842. The molecule has 24 heavy (non-hydrogen) atoms. The fourth-order valence-corrected chi connectivity index (χ4v) is 4.33. The highest BCUT2D eigenvalue weighted by molar-refractivity contribution is 7.91. The smallest absolute Gasteiger partial charge is 0.225 e. The second-order valence-electron chi connectivity index (χ2n) is 5.91. The van der Waals surface area contributed by atoms with Gasteiger partial charge < -0.3 is 10.6 Å². The maximum atomic E-state index is 13.6. The summed E-state index contributed by atoms with van der Waals surface area (Å²) >= 11 is 0. The van der Waals surface area contributed by atoms with E-state index in [1.54, 1.807) is 24.3 Å². The Kier molecular flexibility index (Phi) is 4.66. The van der Waals surface area contributed by atoms with E-state index in [1.807, 2.05) is 6.92 Å². The Balaban J connectivity index is 1.69. The van der Waals surface area contributed by atoms with E-state index in [4.69, 9.17) is 0 Å². The van der Waals surface area contributed by atoms with Gasteiger partial charge >= 0.3 is 0 Å². The van der Waals surface area contributed by atoms with Gasteiger partial charge in [0.1, 0.15) is 11.6 Å². The zero-order chi connectivity index (χ0) is 17.2. The lowest BCUT2D eigenvalue weighted by atomic mass is 10.2. The fraction of sp³-hybridized carbons (Fsp3) is 0.375. The van der Waals surface area contributed by atoms with Crippen molar-refractivity contribution in [3.63, 3.8) is 0 Å². The summed E-state index contributed by atoms with van der Waals surface area (Å²) in [6.45, 7) is 2.10. The molecule has 3 rings (SSSR count). The minimum Gasteiger partial charge on any atom is -0.366 e. The minimum absolute atomic E-state index is 0.119. The monoisotopic (exact) mass is 350 g/mol. The van der Waals surface area contributed by atoms with Crippen LogP contribution in [0.3, 0.4) is 0 Å². The first-order chi connectivity index (χ1) is 11.4. The van der Waals surface area contributed by atoms with Gasteiger partial charge in [-0.25, -0.2) is 17.8 Å². The number of hydrogen-bond donors (Lipinski definition) is 2. The fourth-order valence-electron chi connectivity index (χ4n) is 2.66. The van der Waals surface area contributed by atoms with Crippen molar-refractivity contribution in [2.45, 2.75) is 25.9 Å². The summed E-state index contributed by atoms with van der Waals surface area (Å²) in [5.41, 5.74) is 1.27. The normalized spacial score (nSPS) is 19.2. The van der Waals surface area contributed by atoms with Crippen LogP contribution in [0.15, 0.2) is 30.3 Å². The standard InChI is InChI=1S/C16H19FN4O2S/c1-11-8-15(20-13-6-7-24(22,23)10-13)21-16(19-11)18-9-12-4-2-3-5-14(12)17/h2-5,8,13H,6-7,9-10H2,1H3,(H2,18,19,20,21). The summed E-state index contributed by atoms with van der Waals surface area (Å²) in [6, 6.07) is 8.13. The Morgan fingerprint density at radius 2 is 2.08 bits per heavy atom. The van der Waals surface area contributed by atoms with Crippen molar-refractivity contribution in [1.29, 1.82) is 0 Å². The van der Waals surface area contributed by atoms with E-state index < -0.39 is 9.84 Å². The number of anilines is 2. The maximum absolute atomic E-state index is 13.6. The Hall–Kier alpha value is -2.22. The van der Waals surface area contributed by atoms with Gasteiger partial charge in [0.25, 0.3) is 0 Å². The summed E-state index contributed by atoms with van der Waals surface area (Å²) < 4.78 is 36.7. The zero-order valence-corrected chi connectivity index (χ0v) is 14.1. The van der Waals surface area contributed by atoms with Gasteiger partial charge in [-0.1, -0.05) is 18.2 Å². The van der Waals surface area contributed by atoms with Crippen molar-refractivity contribution in [3.05, 3.63) is 47.4 Å². The van der Waals surface area contributed by atoms with Crippen LogP contribution in [-0.2, 0) is 16.4 Å². The highest BCUT2D eigenvalue weighted by atomic mass is 32.2. The van der Waals surface area contributed by atoms with Crippen LogP contribution in [0.1, 0.15) is 17.7 Å². The predicted octanol–water partition coefficient (Wildman–Crippen LogP) is 2.14. The first kappa shape index (κ1) is 16.6. The number of nitrogens with zero attached hydrogens (tertiary/aromatic N) is 2. The van der Waals surface area contributed by atoms with Crippen LogP contribution in [0.5, 0.6) is 0 Å². The van der Waals surface area contributed by atoms with Crippen LogP contribution in [0.2, 0.25) is 0 Å². The van der Waals surface area contributed by atoms with Gasteiger partial charge in [0, 0.05) is 29.9 Å². The number of rotatable bonds is 5.